The van der Waals surface area contributed by atoms with Crippen molar-refractivity contribution in [2.45, 2.75) is 6.42 Å². The highest BCUT2D eigenvalue weighted by Crippen LogP contribution is 2.19. The molecular formula is C13H11N3O. The lowest BCUT2D eigenvalue weighted by molar-refractivity contribution is 0.469. The highest BCUT2D eigenvalue weighted by atomic mass is 16.3. The van der Waals surface area contributed by atoms with Crippen molar-refractivity contribution in [2.24, 2.45) is 0 Å². The van der Waals surface area contributed by atoms with Crippen LogP contribution in [-0.4, -0.2) is 19.7 Å². The molecule has 17 heavy (non-hydrogen) atoms. The van der Waals surface area contributed by atoms with Gasteiger partial charge >= 0.3 is 0 Å². The summed E-state index contributed by atoms with van der Waals surface area (Å²) in [6, 6.07) is 9.17. The summed E-state index contributed by atoms with van der Waals surface area (Å²) in [5.74, 6) is 0.313. The SMILES string of the molecule is Oc1ccccc1Cc1cnc2ccnn2c1. The summed E-state index contributed by atoms with van der Waals surface area (Å²) in [4.78, 5) is 4.29. The van der Waals surface area contributed by atoms with Crippen LogP contribution in [0.25, 0.3) is 5.65 Å². The summed E-state index contributed by atoms with van der Waals surface area (Å²) >= 11 is 0. The van der Waals surface area contributed by atoms with E-state index in [1.807, 2.05) is 36.7 Å². The van der Waals surface area contributed by atoms with Crippen LogP contribution in [0.4, 0.5) is 0 Å². The van der Waals surface area contributed by atoms with E-state index >= 15 is 0 Å². The van der Waals surface area contributed by atoms with E-state index in [9.17, 15) is 5.11 Å². The first-order valence-electron chi connectivity index (χ1n) is 5.38. The molecule has 0 saturated heterocycles. The Hall–Kier alpha value is -2.36. The molecule has 2 heterocycles. The predicted octanol–water partition coefficient (Wildman–Crippen LogP) is 2.03. The number of hydrogen-bond acceptors (Lipinski definition) is 3. The molecule has 0 atom stereocenters. The van der Waals surface area contributed by atoms with E-state index in [-0.39, 0.29) is 0 Å². The van der Waals surface area contributed by atoms with E-state index in [2.05, 4.69) is 10.1 Å². The van der Waals surface area contributed by atoms with E-state index in [4.69, 9.17) is 0 Å². The van der Waals surface area contributed by atoms with Crippen molar-refractivity contribution >= 4 is 5.65 Å². The minimum absolute atomic E-state index is 0.313. The predicted molar refractivity (Wildman–Crippen MR) is 63.9 cm³/mol. The second kappa shape index (κ2) is 3.90. The Bertz CT molecular complexity index is 660. The maximum atomic E-state index is 9.70. The Balaban J connectivity index is 1.97. The van der Waals surface area contributed by atoms with Crippen molar-refractivity contribution in [1.82, 2.24) is 14.6 Å². The quantitative estimate of drug-likeness (QED) is 0.726. The van der Waals surface area contributed by atoms with Gasteiger partial charge in [0.25, 0.3) is 0 Å². The van der Waals surface area contributed by atoms with E-state index in [0.717, 1.165) is 16.8 Å². The highest BCUT2D eigenvalue weighted by Gasteiger charge is 2.03. The van der Waals surface area contributed by atoms with Crippen molar-refractivity contribution in [3.63, 3.8) is 0 Å². The van der Waals surface area contributed by atoms with Gasteiger partial charge in [0.2, 0.25) is 0 Å². The Kier molecular flexibility index (Phi) is 2.26. The van der Waals surface area contributed by atoms with Gasteiger partial charge in [-0.3, -0.25) is 0 Å². The number of benzene rings is 1. The van der Waals surface area contributed by atoms with Crippen LogP contribution in [0.1, 0.15) is 11.1 Å². The smallest absolute Gasteiger partial charge is 0.154 e. The lowest BCUT2D eigenvalue weighted by Gasteiger charge is -2.04. The maximum absolute atomic E-state index is 9.70. The molecule has 0 bridgehead atoms. The zero-order valence-corrected chi connectivity index (χ0v) is 9.11. The maximum Gasteiger partial charge on any atom is 0.154 e. The van der Waals surface area contributed by atoms with Crippen molar-refractivity contribution in [3.8, 4) is 5.75 Å². The lowest BCUT2D eigenvalue weighted by Crippen LogP contribution is -1.95. The van der Waals surface area contributed by atoms with E-state index in [1.54, 1.807) is 16.8 Å². The van der Waals surface area contributed by atoms with Gasteiger partial charge in [-0.25, -0.2) is 9.50 Å². The molecule has 84 valence electrons. The highest BCUT2D eigenvalue weighted by molar-refractivity contribution is 5.39. The first kappa shape index (κ1) is 9.84. The molecule has 0 saturated carbocycles. The molecule has 0 fully saturated rings. The average molecular weight is 225 g/mol. The number of nitrogens with zero attached hydrogens (tertiary/aromatic N) is 3. The van der Waals surface area contributed by atoms with Crippen LogP contribution in [0, 0.1) is 0 Å². The van der Waals surface area contributed by atoms with Gasteiger partial charge in [0.15, 0.2) is 5.65 Å². The number of rotatable bonds is 2. The van der Waals surface area contributed by atoms with E-state index in [0.29, 0.717) is 12.2 Å². The summed E-state index contributed by atoms with van der Waals surface area (Å²) in [6.07, 6.45) is 6.10. The van der Waals surface area contributed by atoms with Crippen LogP contribution in [-0.2, 0) is 6.42 Å². The second-order valence-corrected chi connectivity index (χ2v) is 3.90. The molecule has 0 radical (unpaired) electrons. The molecule has 3 aromatic rings. The molecule has 0 amide bonds. The average Bonchev–Trinajstić information content (AvgIpc) is 2.79. The fourth-order valence-corrected chi connectivity index (χ4v) is 1.82. The number of aromatic nitrogens is 3. The van der Waals surface area contributed by atoms with E-state index in [1.165, 1.54) is 0 Å². The Labute approximate surface area is 98.2 Å². The zero-order chi connectivity index (χ0) is 11.7. The van der Waals surface area contributed by atoms with Crippen molar-refractivity contribution in [1.29, 1.82) is 0 Å². The molecule has 0 aliphatic rings. The molecule has 1 aromatic carbocycles. The van der Waals surface area contributed by atoms with Gasteiger partial charge < -0.3 is 5.11 Å². The molecule has 4 heteroatoms. The standard InChI is InChI=1S/C13H11N3O/c17-12-4-2-1-3-11(12)7-10-8-14-13-5-6-15-16(13)9-10/h1-6,8-9,17H,7H2. The third-order valence-corrected chi connectivity index (χ3v) is 2.69. The molecule has 1 N–H and O–H groups in total. The second-order valence-electron chi connectivity index (χ2n) is 3.90. The number of aromatic hydroxyl groups is 1. The first-order valence-corrected chi connectivity index (χ1v) is 5.38. The molecule has 0 unspecified atom stereocenters. The third kappa shape index (κ3) is 1.85. The Morgan fingerprint density at radius 2 is 2.06 bits per heavy atom. The largest absolute Gasteiger partial charge is 0.508 e. The zero-order valence-electron chi connectivity index (χ0n) is 9.11. The Morgan fingerprint density at radius 3 is 2.94 bits per heavy atom. The topological polar surface area (TPSA) is 50.4 Å². The van der Waals surface area contributed by atoms with Crippen molar-refractivity contribution in [2.75, 3.05) is 0 Å². The summed E-state index contributed by atoms with van der Waals surface area (Å²) in [5.41, 5.74) is 2.73. The fraction of sp³-hybridized carbons (Fsp3) is 0.0769. The summed E-state index contributed by atoms with van der Waals surface area (Å²) in [5, 5.41) is 13.8. The van der Waals surface area contributed by atoms with E-state index < -0.39 is 0 Å². The van der Waals surface area contributed by atoms with Crippen LogP contribution >= 0.6 is 0 Å². The lowest BCUT2D eigenvalue weighted by atomic mass is 10.1. The van der Waals surface area contributed by atoms with Gasteiger partial charge in [-0.1, -0.05) is 18.2 Å². The van der Waals surface area contributed by atoms with Crippen LogP contribution < -0.4 is 0 Å². The summed E-state index contributed by atoms with van der Waals surface area (Å²) in [6.45, 7) is 0. The van der Waals surface area contributed by atoms with Gasteiger partial charge in [-0.2, -0.15) is 5.10 Å². The number of phenols is 1. The molecular weight excluding hydrogens is 214 g/mol. The molecule has 0 aliphatic heterocycles. The molecule has 4 nitrogen and oxygen atoms in total. The summed E-state index contributed by atoms with van der Waals surface area (Å²) in [7, 11) is 0. The fourth-order valence-electron chi connectivity index (χ4n) is 1.82. The minimum Gasteiger partial charge on any atom is -0.508 e. The normalized spacial score (nSPS) is 10.8. The minimum atomic E-state index is 0.313. The number of hydrogen-bond donors (Lipinski definition) is 1. The van der Waals surface area contributed by atoms with Gasteiger partial charge in [0.05, 0.1) is 6.20 Å². The molecule has 2 aromatic heterocycles. The summed E-state index contributed by atoms with van der Waals surface area (Å²) < 4.78 is 1.73. The monoisotopic (exact) mass is 225 g/mol. The van der Waals surface area contributed by atoms with Gasteiger partial charge in [-0.15, -0.1) is 0 Å². The van der Waals surface area contributed by atoms with Crippen molar-refractivity contribution in [3.05, 3.63) is 60.0 Å². The van der Waals surface area contributed by atoms with Crippen molar-refractivity contribution < 1.29 is 5.11 Å². The number of phenolic OH excluding ortho intramolecular Hbond substituents is 1. The van der Waals surface area contributed by atoms with Crippen LogP contribution in [0.3, 0.4) is 0 Å². The van der Waals surface area contributed by atoms with Gasteiger partial charge in [0.1, 0.15) is 5.75 Å². The number of para-hydroxylation sites is 1. The molecule has 0 spiro atoms. The molecule has 3 rings (SSSR count). The first-order chi connectivity index (χ1) is 8.33. The number of fused-ring (bicyclic) bond motifs is 1. The van der Waals surface area contributed by atoms with Crippen LogP contribution in [0.5, 0.6) is 5.75 Å². The van der Waals surface area contributed by atoms with Gasteiger partial charge in [-0.05, 0) is 17.2 Å². The van der Waals surface area contributed by atoms with Crippen LogP contribution in [0.15, 0.2) is 48.9 Å². The Morgan fingerprint density at radius 1 is 1.18 bits per heavy atom. The molecule has 0 aliphatic carbocycles. The van der Waals surface area contributed by atoms with Gasteiger partial charge in [0, 0.05) is 24.9 Å². The van der Waals surface area contributed by atoms with Crippen LogP contribution in [0.2, 0.25) is 0 Å². The third-order valence-electron chi connectivity index (χ3n) is 2.69.